The quantitative estimate of drug-likeness (QED) is 0.536. The van der Waals surface area contributed by atoms with Crippen LogP contribution < -0.4 is 5.32 Å². The van der Waals surface area contributed by atoms with Crippen LogP contribution in [0.4, 0.5) is 4.79 Å². The van der Waals surface area contributed by atoms with Crippen molar-refractivity contribution in [3.63, 3.8) is 0 Å². The number of ether oxygens (including phenoxy) is 1. The Morgan fingerprint density at radius 2 is 2.57 bits per heavy atom. The van der Waals surface area contributed by atoms with E-state index in [1.165, 1.54) is 11.4 Å². The van der Waals surface area contributed by atoms with E-state index in [0.29, 0.717) is 0 Å². The molecule has 0 fully saturated rings. The highest BCUT2D eigenvalue weighted by Gasteiger charge is 2.09. The van der Waals surface area contributed by atoms with Crippen LogP contribution in [0.5, 0.6) is 0 Å². The predicted octanol–water partition coefficient (Wildman–Crippen LogP) is 0.861. The maximum Gasteiger partial charge on any atom is 0.419 e. The Labute approximate surface area is 82.0 Å². The van der Waals surface area contributed by atoms with Gasteiger partial charge in [0, 0.05) is 12.4 Å². The Hall–Kier alpha value is -1.78. The summed E-state index contributed by atoms with van der Waals surface area (Å²) >= 11 is 0. The van der Waals surface area contributed by atoms with E-state index in [9.17, 15) is 9.59 Å². The molecule has 1 heterocycles. The lowest BCUT2D eigenvalue weighted by Crippen LogP contribution is -2.35. The van der Waals surface area contributed by atoms with E-state index in [1.807, 2.05) is 13.0 Å². The fraction of sp³-hybridized carbons (Fsp3) is 0.333. The molecule has 75 valence electrons. The van der Waals surface area contributed by atoms with Crippen LogP contribution in [0.15, 0.2) is 24.0 Å². The smallest absolute Gasteiger partial charge is 0.419 e. The summed E-state index contributed by atoms with van der Waals surface area (Å²) in [6.45, 7) is 2.98. The van der Waals surface area contributed by atoms with Gasteiger partial charge in [-0.1, -0.05) is 11.6 Å². The number of hydrogen-bond donors (Lipinski definition) is 1. The van der Waals surface area contributed by atoms with Gasteiger partial charge in [0.1, 0.15) is 0 Å². The van der Waals surface area contributed by atoms with Gasteiger partial charge in [0.05, 0.1) is 0 Å². The first kappa shape index (κ1) is 10.3. The number of rotatable bonds is 3. The highest BCUT2D eigenvalue weighted by molar-refractivity contribution is 5.76. The second-order valence-corrected chi connectivity index (χ2v) is 2.83. The minimum absolute atomic E-state index is 0.167. The molecule has 0 saturated carbocycles. The first-order chi connectivity index (χ1) is 6.74. The summed E-state index contributed by atoms with van der Waals surface area (Å²) in [5, 5.41) is 2.38. The van der Waals surface area contributed by atoms with E-state index in [1.54, 1.807) is 12.4 Å². The molecule has 1 N–H and O–H groups in total. The van der Waals surface area contributed by atoms with Gasteiger partial charge in [-0.3, -0.25) is 4.90 Å². The molecule has 0 atom stereocenters. The molecule has 0 saturated heterocycles. The molecule has 1 aliphatic heterocycles. The average Bonchev–Trinajstić information content (AvgIpc) is 2.18. The van der Waals surface area contributed by atoms with Crippen LogP contribution >= 0.6 is 0 Å². The third-order valence-electron chi connectivity index (χ3n) is 1.65. The summed E-state index contributed by atoms with van der Waals surface area (Å²) in [6.07, 6.45) is 6.11. The summed E-state index contributed by atoms with van der Waals surface area (Å²) in [5.74, 6) is 0. The van der Waals surface area contributed by atoms with E-state index in [4.69, 9.17) is 0 Å². The van der Waals surface area contributed by atoms with Crippen LogP contribution in [0.2, 0.25) is 0 Å². The summed E-state index contributed by atoms with van der Waals surface area (Å²) in [6, 6.07) is -0.337. The van der Waals surface area contributed by atoms with E-state index in [-0.39, 0.29) is 12.8 Å². The number of amides is 2. The summed E-state index contributed by atoms with van der Waals surface area (Å²) in [4.78, 5) is 22.4. The van der Waals surface area contributed by atoms with Crippen molar-refractivity contribution in [3.05, 3.63) is 24.0 Å². The van der Waals surface area contributed by atoms with Gasteiger partial charge in [-0.15, -0.1) is 0 Å². The third kappa shape index (κ3) is 2.93. The SMILES string of the molecule is CC1=CN(C(=O)NCO[C]=O)C=CC1. The highest BCUT2D eigenvalue weighted by atomic mass is 16.5. The van der Waals surface area contributed by atoms with Gasteiger partial charge in [-0.05, 0) is 13.3 Å². The van der Waals surface area contributed by atoms with Crippen molar-refractivity contribution in [2.24, 2.45) is 0 Å². The van der Waals surface area contributed by atoms with Crippen molar-refractivity contribution in [1.82, 2.24) is 10.2 Å². The van der Waals surface area contributed by atoms with Gasteiger partial charge in [0.25, 0.3) is 0 Å². The van der Waals surface area contributed by atoms with Crippen molar-refractivity contribution in [2.75, 3.05) is 6.73 Å². The van der Waals surface area contributed by atoms with Gasteiger partial charge in [0.15, 0.2) is 6.73 Å². The van der Waals surface area contributed by atoms with Gasteiger partial charge in [0.2, 0.25) is 0 Å². The van der Waals surface area contributed by atoms with Crippen LogP contribution in [0.3, 0.4) is 0 Å². The zero-order valence-electron chi connectivity index (χ0n) is 7.82. The maximum absolute atomic E-state index is 11.3. The number of carbonyl (C=O) groups excluding carboxylic acids is 2. The normalized spacial score (nSPS) is 14.6. The Morgan fingerprint density at radius 1 is 1.79 bits per heavy atom. The Bertz CT molecular complexity index is 284. The standard InChI is InChI=1S/C9H11N2O3/c1-8-3-2-4-11(5-8)9(13)10-6-14-7-12/h2,4-5H,3,6H2,1H3,(H,10,13). The maximum atomic E-state index is 11.3. The van der Waals surface area contributed by atoms with Crippen molar-refractivity contribution >= 4 is 12.5 Å². The van der Waals surface area contributed by atoms with Crippen molar-refractivity contribution in [1.29, 1.82) is 0 Å². The van der Waals surface area contributed by atoms with Gasteiger partial charge >= 0.3 is 12.5 Å². The molecule has 0 spiro atoms. The Balaban J connectivity index is 2.40. The number of urea groups is 1. The largest absolute Gasteiger partial charge is 0.436 e. The molecule has 0 unspecified atom stereocenters. The van der Waals surface area contributed by atoms with E-state index < -0.39 is 0 Å². The zero-order chi connectivity index (χ0) is 10.4. The first-order valence-corrected chi connectivity index (χ1v) is 4.13. The minimum atomic E-state index is -0.337. The van der Waals surface area contributed by atoms with Crippen LogP contribution in [0.25, 0.3) is 0 Å². The molecule has 14 heavy (non-hydrogen) atoms. The predicted molar refractivity (Wildman–Crippen MR) is 49.5 cm³/mol. The van der Waals surface area contributed by atoms with Crippen molar-refractivity contribution < 1.29 is 14.3 Å². The van der Waals surface area contributed by atoms with Crippen LogP contribution in [-0.2, 0) is 9.53 Å². The highest BCUT2D eigenvalue weighted by Crippen LogP contribution is 2.10. The fourth-order valence-electron chi connectivity index (χ4n) is 1.03. The molecule has 5 heteroatoms. The molecule has 1 radical (unpaired) electrons. The van der Waals surface area contributed by atoms with Crippen LogP contribution in [-0.4, -0.2) is 24.1 Å². The molecule has 0 bridgehead atoms. The van der Waals surface area contributed by atoms with Crippen molar-refractivity contribution in [2.45, 2.75) is 13.3 Å². The molecule has 0 aromatic rings. The summed E-state index contributed by atoms with van der Waals surface area (Å²) < 4.78 is 4.21. The van der Waals surface area contributed by atoms with Crippen molar-refractivity contribution in [3.8, 4) is 0 Å². The van der Waals surface area contributed by atoms with Gasteiger partial charge in [-0.25, -0.2) is 9.59 Å². The molecule has 1 rings (SSSR count). The number of nitrogens with one attached hydrogen (secondary N) is 1. The molecule has 0 aromatic carbocycles. The van der Waals surface area contributed by atoms with Crippen LogP contribution in [0, 0.1) is 0 Å². The summed E-state index contributed by atoms with van der Waals surface area (Å²) in [5.41, 5.74) is 1.09. The summed E-state index contributed by atoms with van der Waals surface area (Å²) in [7, 11) is 0. The number of carbonyl (C=O) groups is 1. The fourth-order valence-corrected chi connectivity index (χ4v) is 1.03. The van der Waals surface area contributed by atoms with Gasteiger partial charge in [-0.2, -0.15) is 0 Å². The van der Waals surface area contributed by atoms with Crippen LogP contribution in [0.1, 0.15) is 13.3 Å². The number of allylic oxidation sites excluding steroid dienone is 2. The lowest BCUT2D eigenvalue weighted by Gasteiger charge is -2.18. The molecule has 0 aromatic heterocycles. The second-order valence-electron chi connectivity index (χ2n) is 2.83. The average molecular weight is 195 g/mol. The van der Waals surface area contributed by atoms with Gasteiger partial charge < -0.3 is 10.1 Å². The lowest BCUT2D eigenvalue weighted by atomic mass is 10.2. The molecular weight excluding hydrogens is 184 g/mol. The topological polar surface area (TPSA) is 58.6 Å². The first-order valence-electron chi connectivity index (χ1n) is 4.13. The lowest BCUT2D eigenvalue weighted by molar-refractivity contribution is 0.203. The molecule has 5 nitrogen and oxygen atoms in total. The van der Waals surface area contributed by atoms with E-state index in [2.05, 4.69) is 10.1 Å². The number of nitrogens with zero attached hydrogens (tertiary/aromatic N) is 1. The molecule has 0 aliphatic carbocycles. The monoisotopic (exact) mass is 195 g/mol. The Morgan fingerprint density at radius 3 is 3.21 bits per heavy atom. The Kier molecular flexibility index (Phi) is 3.72. The molecule has 1 aliphatic rings. The zero-order valence-corrected chi connectivity index (χ0v) is 7.82. The minimum Gasteiger partial charge on any atom is -0.436 e. The van der Waals surface area contributed by atoms with E-state index in [0.717, 1.165) is 12.0 Å². The second kappa shape index (κ2) is 5.06. The molecular formula is C9H11N2O3. The third-order valence-corrected chi connectivity index (χ3v) is 1.65. The van der Waals surface area contributed by atoms with E-state index >= 15 is 0 Å². The number of hydrogen-bond acceptors (Lipinski definition) is 3. The molecule has 2 amide bonds.